The lowest BCUT2D eigenvalue weighted by molar-refractivity contribution is -0.142. The molecule has 9 N–H and O–H groups in total. The molecule has 1 saturated heterocycles. The zero-order valence-corrected chi connectivity index (χ0v) is 26.7. The standard InChI is InChI=1S/C29H37F3N8O10/c1-14(41)34-11-23(44)38-18-4-5-21(42)33-6-2-3-19(29(49)50)39-24(45)12-35-22(43)10-36-28(48)20(40-25(46)13-37-27(18)47)9-15-7-16(30)26(32)17(31)8-15/h7-8,18-20H,2-6,9-13H2,1H3,(H,33,42)(H,34,41)(H,35,43)(H,36,48)(H,37,47)(H,38,44)(H,39,45)(H,40,46)(H,49,50). The van der Waals surface area contributed by atoms with Crippen LogP contribution in [0.3, 0.4) is 0 Å². The Morgan fingerprint density at radius 2 is 1.40 bits per heavy atom. The monoisotopic (exact) mass is 714 g/mol. The minimum Gasteiger partial charge on any atom is -0.480 e. The van der Waals surface area contributed by atoms with Crippen molar-refractivity contribution in [3.63, 3.8) is 0 Å². The van der Waals surface area contributed by atoms with E-state index in [4.69, 9.17) is 0 Å². The molecule has 0 aliphatic carbocycles. The molecule has 1 aliphatic rings. The van der Waals surface area contributed by atoms with Crippen LogP contribution in [0.4, 0.5) is 13.2 Å². The van der Waals surface area contributed by atoms with Gasteiger partial charge in [0.15, 0.2) is 17.5 Å². The van der Waals surface area contributed by atoms with E-state index >= 15 is 0 Å². The van der Waals surface area contributed by atoms with E-state index in [0.717, 1.165) is 6.92 Å². The normalized spacial score (nSPS) is 20.8. The number of hydrogen-bond acceptors (Lipinski definition) is 9. The molecule has 0 radical (unpaired) electrons. The molecule has 1 fully saturated rings. The molecule has 50 heavy (non-hydrogen) atoms. The Labute approximate surface area is 282 Å². The number of halogens is 3. The van der Waals surface area contributed by atoms with Crippen LogP contribution in [0.1, 0.15) is 38.2 Å². The highest BCUT2D eigenvalue weighted by Crippen LogP contribution is 2.15. The summed E-state index contributed by atoms with van der Waals surface area (Å²) in [7, 11) is 0. The number of benzene rings is 1. The number of aliphatic carboxylic acids is 1. The zero-order valence-electron chi connectivity index (χ0n) is 26.7. The van der Waals surface area contributed by atoms with E-state index in [9.17, 15) is 61.4 Å². The van der Waals surface area contributed by atoms with Gasteiger partial charge in [-0.1, -0.05) is 0 Å². The van der Waals surface area contributed by atoms with Gasteiger partial charge in [0, 0.05) is 26.3 Å². The summed E-state index contributed by atoms with van der Waals surface area (Å²) in [5.41, 5.74) is -0.280. The molecule has 3 unspecified atom stereocenters. The molecular weight excluding hydrogens is 677 g/mol. The fraction of sp³-hybridized carbons (Fsp3) is 0.483. The topological polar surface area (TPSA) is 270 Å². The molecule has 274 valence electrons. The van der Waals surface area contributed by atoms with Crippen LogP contribution in [-0.2, 0) is 49.6 Å². The van der Waals surface area contributed by atoms with Crippen molar-refractivity contribution in [1.29, 1.82) is 0 Å². The van der Waals surface area contributed by atoms with Gasteiger partial charge in [-0.25, -0.2) is 18.0 Å². The van der Waals surface area contributed by atoms with Crippen LogP contribution in [-0.4, -0.2) is 109 Å². The Balaban J connectivity index is 2.29. The van der Waals surface area contributed by atoms with Crippen LogP contribution >= 0.6 is 0 Å². The fourth-order valence-electron chi connectivity index (χ4n) is 4.36. The summed E-state index contributed by atoms with van der Waals surface area (Å²) in [4.78, 5) is 111. The summed E-state index contributed by atoms with van der Waals surface area (Å²) < 4.78 is 41.2. The highest BCUT2D eigenvalue weighted by atomic mass is 19.2. The van der Waals surface area contributed by atoms with Crippen molar-refractivity contribution in [3.8, 4) is 0 Å². The second-order valence-corrected chi connectivity index (χ2v) is 10.9. The van der Waals surface area contributed by atoms with Crippen molar-refractivity contribution in [2.24, 2.45) is 0 Å². The molecule has 1 aliphatic heterocycles. The van der Waals surface area contributed by atoms with E-state index in [0.29, 0.717) is 12.1 Å². The quantitative estimate of drug-likeness (QED) is 0.131. The first-order valence-corrected chi connectivity index (χ1v) is 15.1. The van der Waals surface area contributed by atoms with Crippen LogP contribution in [0.25, 0.3) is 0 Å². The van der Waals surface area contributed by atoms with Crippen molar-refractivity contribution in [2.45, 2.75) is 57.2 Å². The number of hydrogen-bond donors (Lipinski definition) is 9. The molecule has 3 atom stereocenters. The molecule has 1 heterocycles. The lowest BCUT2D eigenvalue weighted by atomic mass is 10.0. The van der Waals surface area contributed by atoms with Crippen LogP contribution in [0.15, 0.2) is 12.1 Å². The van der Waals surface area contributed by atoms with Gasteiger partial charge in [0.05, 0.1) is 26.2 Å². The summed E-state index contributed by atoms with van der Waals surface area (Å²) in [6.45, 7) is -1.69. The molecule has 21 heteroatoms. The van der Waals surface area contributed by atoms with Gasteiger partial charge in [0.2, 0.25) is 47.3 Å². The molecule has 0 aromatic heterocycles. The second-order valence-electron chi connectivity index (χ2n) is 10.9. The average molecular weight is 715 g/mol. The van der Waals surface area contributed by atoms with E-state index in [1.54, 1.807) is 0 Å². The Morgan fingerprint density at radius 3 is 2.04 bits per heavy atom. The highest BCUT2D eigenvalue weighted by Gasteiger charge is 2.26. The number of carboxylic acids is 1. The van der Waals surface area contributed by atoms with Gasteiger partial charge in [0.25, 0.3) is 0 Å². The fourth-order valence-corrected chi connectivity index (χ4v) is 4.36. The van der Waals surface area contributed by atoms with E-state index in [1.807, 2.05) is 0 Å². The number of carboxylic acid groups (broad SMARTS) is 1. The van der Waals surface area contributed by atoms with Gasteiger partial charge >= 0.3 is 5.97 Å². The molecule has 0 saturated carbocycles. The average Bonchev–Trinajstić information content (AvgIpc) is 3.05. The van der Waals surface area contributed by atoms with Gasteiger partial charge in [0.1, 0.15) is 18.1 Å². The Kier molecular flexibility index (Phi) is 16.1. The van der Waals surface area contributed by atoms with Crippen molar-refractivity contribution < 1.29 is 61.4 Å². The van der Waals surface area contributed by atoms with E-state index < -0.39 is 121 Å². The van der Waals surface area contributed by atoms with E-state index in [1.165, 1.54) is 0 Å². The third kappa shape index (κ3) is 14.6. The lowest BCUT2D eigenvalue weighted by Gasteiger charge is -2.21. The van der Waals surface area contributed by atoms with Crippen LogP contribution in [0, 0.1) is 17.5 Å². The second kappa shape index (κ2) is 19.9. The summed E-state index contributed by atoms with van der Waals surface area (Å²) >= 11 is 0. The summed E-state index contributed by atoms with van der Waals surface area (Å²) in [5, 5.41) is 27.4. The van der Waals surface area contributed by atoms with Crippen LogP contribution in [0.2, 0.25) is 0 Å². The van der Waals surface area contributed by atoms with Crippen molar-refractivity contribution in [3.05, 3.63) is 35.1 Å². The number of nitrogens with one attached hydrogen (secondary N) is 8. The molecule has 2 rings (SSSR count). The maximum Gasteiger partial charge on any atom is 0.326 e. The summed E-state index contributed by atoms with van der Waals surface area (Å²) in [5.74, 6) is -13.2. The van der Waals surface area contributed by atoms with Crippen LogP contribution in [0.5, 0.6) is 0 Å². The predicted octanol–water partition coefficient (Wildman–Crippen LogP) is -3.64. The summed E-state index contributed by atoms with van der Waals surface area (Å²) in [6, 6.07) is -3.32. The Bertz CT molecular complexity index is 1470. The number of rotatable bonds is 6. The molecule has 1 aromatic carbocycles. The van der Waals surface area contributed by atoms with Crippen LogP contribution < -0.4 is 42.5 Å². The van der Waals surface area contributed by atoms with E-state index in [-0.39, 0.29) is 37.8 Å². The molecule has 0 spiro atoms. The van der Waals surface area contributed by atoms with Crippen molar-refractivity contribution >= 4 is 53.2 Å². The predicted molar refractivity (Wildman–Crippen MR) is 163 cm³/mol. The third-order valence-corrected chi connectivity index (χ3v) is 6.86. The lowest BCUT2D eigenvalue weighted by Crippen LogP contribution is -2.54. The number of carbonyl (C=O) groups is 9. The summed E-state index contributed by atoms with van der Waals surface area (Å²) in [6.07, 6.45) is -1.30. The van der Waals surface area contributed by atoms with Gasteiger partial charge in [-0.3, -0.25) is 38.4 Å². The minimum atomic E-state index is -1.78. The van der Waals surface area contributed by atoms with Gasteiger partial charge in [-0.2, -0.15) is 0 Å². The number of amides is 8. The largest absolute Gasteiger partial charge is 0.480 e. The first-order chi connectivity index (χ1) is 23.5. The van der Waals surface area contributed by atoms with Gasteiger partial charge < -0.3 is 47.6 Å². The molecule has 8 amide bonds. The smallest absolute Gasteiger partial charge is 0.326 e. The first-order valence-electron chi connectivity index (χ1n) is 15.1. The zero-order chi connectivity index (χ0) is 37.4. The molecule has 1 aromatic rings. The molecule has 18 nitrogen and oxygen atoms in total. The Hall–Kier alpha value is -5.76. The third-order valence-electron chi connectivity index (χ3n) is 6.86. The maximum absolute atomic E-state index is 13.9. The molecule has 0 bridgehead atoms. The minimum absolute atomic E-state index is 0.0286. The highest BCUT2D eigenvalue weighted by molar-refractivity contribution is 5.95. The van der Waals surface area contributed by atoms with E-state index in [2.05, 4.69) is 42.5 Å². The van der Waals surface area contributed by atoms with Crippen molar-refractivity contribution in [2.75, 3.05) is 32.7 Å². The van der Waals surface area contributed by atoms with Crippen molar-refractivity contribution in [1.82, 2.24) is 42.5 Å². The first kappa shape index (κ1) is 40.4. The maximum atomic E-state index is 13.9. The SMILES string of the molecule is CC(=O)NCC(=O)NC1CCC(=O)NCCCC(C(=O)O)NC(=O)CNC(=O)CNC(=O)C(Cc2cc(F)c(F)c(F)c2)NC(=O)CNC1=O. The van der Waals surface area contributed by atoms with Gasteiger partial charge in [-0.05, 0) is 37.0 Å². The Morgan fingerprint density at radius 1 is 0.800 bits per heavy atom. The molecular formula is C29H37F3N8O10. The number of carbonyl (C=O) groups excluding carboxylic acids is 8. The van der Waals surface area contributed by atoms with Gasteiger partial charge in [-0.15, -0.1) is 0 Å².